The van der Waals surface area contributed by atoms with Gasteiger partial charge in [0.25, 0.3) is 5.69 Å². The van der Waals surface area contributed by atoms with Crippen LogP contribution in [0.15, 0.2) is 71.9 Å². The average molecular weight is 374 g/mol. The van der Waals surface area contributed by atoms with Crippen LogP contribution < -0.4 is 5.32 Å². The number of carbonyl (C=O) groups excluding carboxylic acids is 1. The molecule has 1 N–H and O–H groups in total. The molecule has 2 aromatic carbocycles. The highest BCUT2D eigenvalue weighted by molar-refractivity contribution is 6.00. The van der Waals surface area contributed by atoms with Crippen LogP contribution in [0.4, 0.5) is 5.69 Å². The molecule has 0 radical (unpaired) electrons. The first kappa shape index (κ1) is 18.2. The highest BCUT2D eigenvalue weighted by Gasteiger charge is 2.38. The molecule has 142 valence electrons. The fraction of sp³-hybridized carbons (Fsp3) is 0.261. The molecule has 1 aliphatic heterocycles. The fourth-order valence-electron chi connectivity index (χ4n) is 4.12. The Kier molecular flexibility index (Phi) is 4.38. The molecule has 5 nitrogen and oxygen atoms in total. The van der Waals surface area contributed by atoms with Gasteiger partial charge in [0.1, 0.15) is 0 Å². The molecule has 5 heteroatoms. The molecular weight excluding hydrogens is 352 g/mol. The van der Waals surface area contributed by atoms with Gasteiger partial charge in [-0.3, -0.25) is 14.9 Å². The van der Waals surface area contributed by atoms with Gasteiger partial charge >= 0.3 is 0 Å². The smallest absolute Gasteiger partial charge is 0.269 e. The molecule has 0 spiro atoms. The summed E-state index contributed by atoms with van der Waals surface area (Å²) in [5.74, 6) is 0.0674. The van der Waals surface area contributed by atoms with Gasteiger partial charge in [-0.05, 0) is 41.2 Å². The van der Waals surface area contributed by atoms with E-state index >= 15 is 0 Å². The predicted octanol–water partition coefficient (Wildman–Crippen LogP) is 4.97. The Morgan fingerprint density at radius 3 is 2.36 bits per heavy atom. The van der Waals surface area contributed by atoms with Crippen molar-refractivity contribution in [2.45, 2.75) is 32.6 Å². The molecule has 4 rings (SSSR count). The number of nitrogens with one attached hydrogen (secondary N) is 1. The molecule has 1 aliphatic carbocycles. The van der Waals surface area contributed by atoms with Crippen molar-refractivity contribution in [2.24, 2.45) is 5.41 Å². The fourth-order valence-corrected chi connectivity index (χ4v) is 4.12. The molecule has 0 amide bonds. The highest BCUT2D eigenvalue weighted by Crippen LogP contribution is 2.44. The lowest BCUT2D eigenvalue weighted by atomic mass is 9.70. The number of nitrogens with zero attached hydrogens (tertiary/aromatic N) is 1. The summed E-state index contributed by atoms with van der Waals surface area (Å²) in [6.45, 7) is 4.22. The second kappa shape index (κ2) is 6.75. The van der Waals surface area contributed by atoms with Crippen molar-refractivity contribution in [2.75, 3.05) is 0 Å². The third kappa shape index (κ3) is 3.36. The summed E-state index contributed by atoms with van der Waals surface area (Å²) in [7, 11) is 0. The van der Waals surface area contributed by atoms with Crippen molar-refractivity contribution in [3.63, 3.8) is 0 Å². The van der Waals surface area contributed by atoms with E-state index in [0.717, 1.165) is 34.5 Å². The summed E-state index contributed by atoms with van der Waals surface area (Å²) >= 11 is 0. The zero-order valence-electron chi connectivity index (χ0n) is 15.9. The summed E-state index contributed by atoms with van der Waals surface area (Å²) in [5.41, 5.74) is 4.60. The van der Waals surface area contributed by atoms with E-state index in [9.17, 15) is 14.9 Å². The maximum atomic E-state index is 13.0. The van der Waals surface area contributed by atoms with Crippen molar-refractivity contribution in [1.29, 1.82) is 0 Å². The Morgan fingerprint density at radius 1 is 1.04 bits per heavy atom. The minimum absolute atomic E-state index is 0.0636. The van der Waals surface area contributed by atoms with Gasteiger partial charge in [-0.2, -0.15) is 0 Å². The maximum absolute atomic E-state index is 13.0. The van der Waals surface area contributed by atoms with E-state index in [1.807, 2.05) is 30.3 Å². The zero-order valence-corrected chi connectivity index (χ0v) is 15.9. The monoisotopic (exact) mass is 374 g/mol. The average Bonchev–Trinajstić information content (AvgIpc) is 2.66. The topological polar surface area (TPSA) is 72.2 Å². The number of ketones is 1. The maximum Gasteiger partial charge on any atom is 0.269 e. The highest BCUT2D eigenvalue weighted by atomic mass is 16.6. The molecular formula is C23H22N2O3. The molecule has 1 heterocycles. The second-order valence-electron chi connectivity index (χ2n) is 8.23. The van der Waals surface area contributed by atoms with E-state index in [4.69, 9.17) is 0 Å². The Morgan fingerprint density at radius 2 is 1.71 bits per heavy atom. The van der Waals surface area contributed by atoms with E-state index in [1.165, 1.54) is 12.1 Å². The largest absolute Gasteiger partial charge is 0.358 e. The molecule has 1 atom stereocenters. The molecule has 0 saturated heterocycles. The Balaban J connectivity index is 1.79. The van der Waals surface area contributed by atoms with Crippen LogP contribution in [0.3, 0.4) is 0 Å². The number of allylic oxidation sites excluding steroid dienone is 3. The van der Waals surface area contributed by atoms with Crippen molar-refractivity contribution in [1.82, 2.24) is 5.32 Å². The Labute approximate surface area is 163 Å². The molecule has 1 unspecified atom stereocenters. The summed E-state index contributed by atoms with van der Waals surface area (Å²) in [4.78, 5) is 23.5. The summed E-state index contributed by atoms with van der Waals surface area (Å²) < 4.78 is 0. The van der Waals surface area contributed by atoms with Gasteiger partial charge in [0, 0.05) is 41.4 Å². The molecule has 0 aromatic heterocycles. The van der Waals surface area contributed by atoms with Crippen LogP contribution in [0.2, 0.25) is 0 Å². The van der Waals surface area contributed by atoms with Gasteiger partial charge in [-0.1, -0.05) is 44.2 Å². The third-order valence-electron chi connectivity index (χ3n) is 5.40. The molecule has 2 aliphatic rings. The standard InChI is InChI=1S/C23H22N2O3/c1-23(2)13-20-22(21(26)14-23)18(15-6-4-3-5-7-15)12-19(24-20)16-8-10-17(11-9-16)25(27)28/h3-12,18,24H,13-14H2,1-2H3. The van der Waals surface area contributed by atoms with Crippen LogP contribution in [0.25, 0.3) is 5.70 Å². The van der Waals surface area contributed by atoms with Crippen LogP contribution >= 0.6 is 0 Å². The Bertz CT molecular complexity index is 1000. The number of benzene rings is 2. The van der Waals surface area contributed by atoms with E-state index in [1.54, 1.807) is 12.1 Å². The quantitative estimate of drug-likeness (QED) is 0.608. The number of dihydropyridines is 1. The van der Waals surface area contributed by atoms with Crippen LogP contribution in [-0.4, -0.2) is 10.7 Å². The van der Waals surface area contributed by atoms with Gasteiger partial charge in [0.15, 0.2) is 5.78 Å². The van der Waals surface area contributed by atoms with Crippen LogP contribution in [-0.2, 0) is 4.79 Å². The number of Topliss-reactive ketones (excluding diaryl/α,β-unsaturated/α-hetero) is 1. The van der Waals surface area contributed by atoms with Crippen LogP contribution in [0.1, 0.15) is 43.7 Å². The number of nitro benzene ring substituents is 1. The number of nitro groups is 1. The Hall–Kier alpha value is -3.21. The molecule has 0 bridgehead atoms. The number of carbonyl (C=O) groups is 1. The van der Waals surface area contributed by atoms with E-state index in [2.05, 4.69) is 25.2 Å². The van der Waals surface area contributed by atoms with Gasteiger partial charge < -0.3 is 5.32 Å². The van der Waals surface area contributed by atoms with E-state index < -0.39 is 4.92 Å². The number of rotatable bonds is 3. The van der Waals surface area contributed by atoms with E-state index in [0.29, 0.717) is 6.42 Å². The van der Waals surface area contributed by atoms with Crippen LogP contribution in [0, 0.1) is 15.5 Å². The number of hydrogen-bond donors (Lipinski definition) is 1. The summed E-state index contributed by atoms with van der Waals surface area (Å²) in [5, 5.41) is 14.4. The number of hydrogen-bond acceptors (Lipinski definition) is 4. The van der Waals surface area contributed by atoms with Gasteiger partial charge in [0.2, 0.25) is 0 Å². The van der Waals surface area contributed by atoms with Crippen molar-refractivity contribution < 1.29 is 9.72 Å². The number of non-ortho nitro benzene ring substituents is 1. The first-order valence-electron chi connectivity index (χ1n) is 9.39. The predicted molar refractivity (Wildman–Crippen MR) is 108 cm³/mol. The third-order valence-corrected chi connectivity index (χ3v) is 5.40. The lowest BCUT2D eigenvalue weighted by Gasteiger charge is -2.38. The zero-order chi connectivity index (χ0) is 19.9. The lowest BCUT2D eigenvalue weighted by Crippen LogP contribution is -2.35. The lowest BCUT2D eigenvalue weighted by molar-refractivity contribution is -0.384. The SMILES string of the molecule is CC1(C)CC(=O)C2=C(C1)NC(c1ccc([N+](=O)[O-])cc1)=CC2c1ccccc1. The minimum Gasteiger partial charge on any atom is -0.358 e. The van der Waals surface area contributed by atoms with Crippen molar-refractivity contribution in [3.8, 4) is 0 Å². The first-order valence-corrected chi connectivity index (χ1v) is 9.39. The normalized spacial score (nSPS) is 20.9. The van der Waals surface area contributed by atoms with Gasteiger partial charge in [0.05, 0.1) is 4.92 Å². The molecule has 0 saturated carbocycles. The van der Waals surface area contributed by atoms with Crippen molar-refractivity contribution >= 4 is 17.2 Å². The van der Waals surface area contributed by atoms with Crippen LogP contribution in [0.5, 0.6) is 0 Å². The van der Waals surface area contributed by atoms with Gasteiger partial charge in [-0.15, -0.1) is 0 Å². The van der Waals surface area contributed by atoms with Crippen molar-refractivity contribution in [3.05, 3.63) is 93.2 Å². The summed E-state index contributed by atoms with van der Waals surface area (Å²) in [6, 6.07) is 16.5. The minimum atomic E-state index is -0.401. The second-order valence-corrected chi connectivity index (χ2v) is 8.23. The summed E-state index contributed by atoms with van der Waals surface area (Å²) in [6.07, 6.45) is 3.39. The molecule has 0 fully saturated rings. The molecule has 2 aromatic rings. The van der Waals surface area contributed by atoms with E-state index in [-0.39, 0.29) is 22.8 Å². The molecule has 28 heavy (non-hydrogen) atoms. The van der Waals surface area contributed by atoms with Gasteiger partial charge in [-0.25, -0.2) is 0 Å². The first-order chi connectivity index (χ1) is 13.3.